The predicted molar refractivity (Wildman–Crippen MR) is 114 cm³/mol. The third-order valence-corrected chi connectivity index (χ3v) is 5.93. The van der Waals surface area contributed by atoms with Gasteiger partial charge in [0, 0.05) is 45.0 Å². The summed E-state index contributed by atoms with van der Waals surface area (Å²) in [4.78, 5) is 38.6. The van der Waals surface area contributed by atoms with Gasteiger partial charge in [0.1, 0.15) is 0 Å². The topological polar surface area (TPSA) is 134 Å². The number of carboxylic acid groups (broad SMARTS) is 2. The molecule has 216 valence electrons. The molecule has 3 aliphatic heterocycles. The molecule has 1 amide bonds. The van der Waals surface area contributed by atoms with Crippen LogP contribution in [0.4, 0.5) is 26.3 Å². The molecule has 1 aromatic rings. The molecule has 1 aromatic heterocycles. The number of likely N-dealkylation sites (tertiary alicyclic amines) is 1. The number of carbonyl (C=O) groups is 3. The molecule has 0 radical (unpaired) electrons. The second-order valence-corrected chi connectivity index (χ2v) is 8.87. The van der Waals surface area contributed by atoms with E-state index in [1.54, 1.807) is 5.06 Å². The molecule has 2 N–H and O–H groups in total. The van der Waals surface area contributed by atoms with Crippen molar-refractivity contribution in [1.29, 1.82) is 0 Å². The molecule has 3 saturated heterocycles. The normalized spacial score (nSPS) is 23.9. The number of fused-ring (bicyclic) bond motifs is 1. The lowest BCUT2D eigenvalue weighted by Gasteiger charge is -2.36. The van der Waals surface area contributed by atoms with Crippen LogP contribution >= 0.6 is 0 Å². The Morgan fingerprint density at radius 3 is 2.11 bits per heavy atom. The van der Waals surface area contributed by atoms with E-state index in [9.17, 15) is 31.1 Å². The lowest BCUT2D eigenvalue weighted by molar-refractivity contribution is -0.207. The second-order valence-electron chi connectivity index (χ2n) is 8.87. The fourth-order valence-electron chi connectivity index (χ4n) is 4.24. The van der Waals surface area contributed by atoms with Gasteiger partial charge in [0.25, 0.3) is 5.91 Å². The van der Waals surface area contributed by atoms with E-state index in [1.807, 2.05) is 17.9 Å². The number of rotatable bonds is 3. The highest BCUT2D eigenvalue weighted by Crippen LogP contribution is 2.36. The molecule has 0 unspecified atom stereocenters. The van der Waals surface area contributed by atoms with Crippen LogP contribution in [0, 0.1) is 17.8 Å². The van der Waals surface area contributed by atoms with Crippen LogP contribution in [-0.2, 0) is 37.6 Å². The molecule has 4 heterocycles. The Hall–Kier alpha value is -2.92. The number of halogens is 6. The van der Waals surface area contributed by atoms with Crippen LogP contribution < -0.4 is 0 Å². The van der Waals surface area contributed by atoms with Crippen LogP contribution in [0.1, 0.15) is 18.4 Å². The number of ether oxygens (including phenoxy) is 1. The number of hydrogen-bond acceptors (Lipinski definition) is 7. The molecule has 0 bridgehead atoms. The summed E-state index contributed by atoms with van der Waals surface area (Å²) in [5.74, 6) is -4.66. The van der Waals surface area contributed by atoms with Gasteiger partial charge in [-0.05, 0) is 24.7 Å². The van der Waals surface area contributed by atoms with E-state index in [0.717, 1.165) is 39.1 Å². The van der Waals surface area contributed by atoms with E-state index >= 15 is 0 Å². The maximum Gasteiger partial charge on any atom is 0.490 e. The van der Waals surface area contributed by atoms with Gasteiger partial charge in [-0.3, -0.25) is 19.2 Å². The van der Waals surface area contributed by atoms with Crippen LogP contribution in [0.25, 0.3) is 0 Å². The molecule has 0 aliphatic carbocycles. The predicted octanol–water partition coefficient (Wildman–Crippen LogP) is 1.94. The summed E-state index contributed by atoms with van der Waals surface area (Å²) in [6.45, 7) is 5.49. The molecule has 4 rings (SSSR count). The zero-order valence-electron chi connectivity index (χ0n) is 20.2. The number of nitrogens with zero attached hydrogens (tertiary/aromatic N) is 4. The van der Waals surface area contributed by atoms with Crippen LogP contribution in [0.3, 0.4) is 0 Å². The first-order valence-electron chi connectivity index (χ1n) is 11.4. The molecule has 17 heteroatoms. The lowest BCUT2D eigenvalue weighted by Crippen LogP contribution is -2.47. The molecule has 0 spiro atoms. The summed E-state index contributed by atoms with van der Waals surface area (Å²) in [6.07, 6.45) is -4.12. The Labute approximate surface area is 212 Å². The first-order valence-corrected chi connectivity index (χ1v) is 11.4. The standard InChI is InChI=1S/C17H26N4O3.2C2HF3O2/c1-19-7-13(6-18-19)8-20-9-14-11-23-12-16(15(14)10-20)17(22)21-4-2-3-5-24-21;2*3-2(4,5)1(6)7/h6-7,14-16H,2-5,8-12H2,1H3;2*(H,6,7)/t14-,15-,16-;;/m1../s1. The minimum absolute atomic E-state index is 0.0688. The zero-order valence-corrected chi connectivity index (χ0v) is 20.2. The summed E-state index contributed by atoms with van der Waals surface area (Å²) in [5.41, 5.74) is 1.22. The summed E-state index contributed by atoms with van der Waals surface area (Å²) < 4.78 is 71.1. The van der Waals surface area contributed by atoms with Crippen molar-refractivity contribution >= 4 is 17.8 Å². The van der Waals surface area contributed by atoms with Crippen molar-refractivity contribution in [3.05, 3.63) is 18.0 Å². The monoisotopic (exact) mass is 562 g/mol. The van der Waals surface area contributed by atoms with Crippen LogP contribution in [0.2, 0.25) is 0 Å². The summed E-state index contributed by atoms with van der Waals surface area (Å²) in [7, 11) is 1.94. The number of alkyl halides is 6. The number of hydroxylamine groups is 2. The van der Waals surface area contributed by atoms with E-state index in [1.165, 1.54) is 5.56 Å². The largest absolute Gasteiger partial charge is 0.490 e. The Morgan fingerprint density at radius 1 is 1.03 bits per heavy atom. The molecule has 38 heavy (non-hydrogen) atoms. The van der Waals surface area contributed by atoms with E-state index in [2.05, 4.69) is 16.2 Å². The fourth-order valence-corrected chi connectivity index (χ4v) is 4.24. The molecule has 3 aliphatic rings. The maximum atomic E-state index is 12.9. The van der Waals surface area contributed by atoms with Gasteiger partial charge in [0.05, 0.1) is 31.9 Å². The maximum absolute atomic E-state index is 12.9. The average molecular weight is 562 g/mol. The lowest BCUT2D eigenvalue weighted by atomic mass is 9.82. The quantitative estimate of drug-likeness (QED) is 0.530. The molecular weight excluding hydrogens is 534 g/mol. The van der Waals surface area contributed by atoms with Crippen LogP contribution in [0.15, 0.2) is 12.4 Å². The van der Waals surface area contributed by atoms with Crippen molar-refractivity contribution in [2.24, 2.45) is 24.8 Å². The van der Waals surface area contributed by atoms with Crippen molar-refractivity contribution in [3.8, 4) is 0 Å². The Kier molecular flexibility index (Phi) is 10.9. The van der Waals surface area contributed by atoms with Gasteiger partial charge in [-0.1, -0.05) is 0 Å². The highest BCUT2D eigenvalue weighted by Gasteiger charge is 2.45. The highest BCUT2D eigenvalue weighted by molar-refractivity contribution is 5.78. The van der Waals surface area contributed by atoms with Crippen LogP contribution in [0.5, 0.6) is 0 Å². The van der Waals surface area contributed by atoms with E-state index < -0.39 is 24.3 Å². The van der Waals surface area contributed by atoms with Crippen molar-refractivity contribution < 1.29 is 60.5 Å². The van der Waals surface area contributed by atoms with Crippen molar-refractivity contribution in [2.75, 3.05) is 39.5 Å². The Bertz CT molecular complexity index is 925. The molecule has 0 saturated carbocycles. The fraction of sp³-hybridized carbons (Fsp3) is 0.714. The van der Waals surface area contributed by atoms with Gasteiger partial charge in [0.15, 0.2) is 0 Å². The van der Waals surface area contributed by atoms with E-state index in [4.69, 9.17) is 29.4 Å². The number of aliphatic carboxylic acids is 2. The third kappa shape index (κ3) is 9.43. The molecule has 0 aromatic carbocycles. The first-order chi connectivity index (χ1) is 17.6. The number of hydrogen-bond donors (Lipinski definition) is 2. The Balaban J connectivity index is 0.000000301. The van der Waals surface area contributed by atoms with Gasteiger partial charge < -0.3 is 14.9 Å². The van der Waals surface area contributed by atoms with Gasteiger partial charge >= 0.3 is 24.3 Å². The average Bonchev–Trinajstić information content (AvgIpc) is 3.43. The van der Waals surface area contributed by atoms with Crippen molar-refractivity contribution in [2.45, 2.75) is 31.7 Å². The second kappa shape index (κ2) is 13.2. The highest BCUT2D eigenvalue weighted by atomic mass is 19.4. The van der Waals surface area contributed by atoms with Gasteiger partial charge in [0.2, 0.25) is 0 Å². The third-order valence-electron chi connectivity index (χ3n) is 5.93. The number of carboxylic acids is 2. The van der Waals surface area contributed by atoms with Gasteiger partial charge in [-0.2, -0.15) is 31.4 Å². The van der Waals surface area contributed by atoms with Gasteiger partial charge in [-0.15, -0.1) is 0 Å². The Morgan fingerprint density at radius 2 is 1.63 bits per heavy atom. The number of carbonyl (C=O) groups excluding carboxylic acids is 1. The van der Waals surface area contributed by atoms with Crippen molar-refractivity contribution in [3.63, 3.8) is 0 Å². The summed E-state index contributed by atoms with van der Waals surface area (Å²) in [5, 5.41) is 20.1. The smallest absolute Gasteiger partial charge is 0.475 e. The minimum atomic E-state index is -5.08. The van der Waals surface area contributed by atoms with E-state index in [0.29, 0.717) is 31.6 Å². The zero-order chi connectivity index (χ0) is 28.7. The van der Waals surface area contributed by atoms with Crippen LogP contribution in [-0.4, -0.2) is 99.6 Å². The number of amides is 1. The number of aromatic nitrogens is 2. The summed E-state index contributed by atoms with van der Waals surface area (Å²) >= 11 is 0. The summed E-state index contributed by atoms with van der Waals surface area (Å²) in [6, 6.07) is 0. The van der Waals surface area contributed by atoms with Crippen molar-refractivity contribution in [1.82, 2.24) is 19.7 Å². The molecule has 3 atom stereocenters. The first kappa shape index (κ1) is 31.3. The number of aryl methyl sites for hydroxylation is 1. The molecular formula is C21H28F6N4O7. The molecule has 11 nitrogen and oxygen atoms in total. The minimum Gasteiger partial charge on any atom is -0.475 e. The van der Waals surface area contributed by atoms with E-state index in [-0.39, 0.29) is 11.8 Å². The molecule has 3 fully saturated rings. The SMILES string of the molecule is Cn1cc(CN2C[C@@H]3COC[C@@H](C(=O)N4CCCCO4)[C@@H]3C2)cn1.O=C(O)C(F)(F)F.O=C(O)C(F)(F)F. The van der Waals surface area contributed by atoms with Gasteiger partial charge in [-0.25, -0.2) is 14.7 Å².